The SMILES string of the molecule is CCC(C(=O)OC)S(=O)(=O)c1ccc(Br)cc1. The van der Waals surface area contributed by atoms with Crippen LogP contribution < -0.4 is 0 Å². The van der Waals surface area contributed by atoms with Gasteiger partial charge in [0.25, 0.3) is 0 Å². The van der Waals surface area contributed by atoms with E-state index in [0.717, 1.165) is 4.47 Å². The second kappa shape index (κ2) is 5.64. The van der Waals surface area contributed by atoms with Crippen molar-refractivity contribution in [1.29, 1.82) is 0 Å². The molecule has 94 valence electrons. The van der Waals surface area contributed by atoms with Crippen LogP contribution in [0.15, 0.2) is 33.6 Å². The van der Waals surface area contributed by atoms with Gasteiger partial charge in [-0.15, -0.1) is 0 Å². The molecule has 0 heterocycles. The number of carbonyl (C=O) groups is 1. The molecule has 0 saturated carbocycles. The van der Waals surface area contributed by atoms with Crippen molar-refractivity contribution in [3.05, 3.63) is 28.7 Å². The van der Waals surface area contributed by atoms with Crippen LogP contribution in [0, 0.1) is 0 Å². The Kier molecular flexibility index (Phi) is 4.70. The van der Waals surface area contributed by atoms with Crippen LogP contribution in [0.2, 0.25) is 0 Å². The molecule has 1 rings (SSSR count). The van der Waals surface area contributed by atoms with Crippen LogP contribution in [0.1, 0.15) is 13.3 Å². The third-order valence-corrected chi connectivity index (χ3v) is 5.08. The summed E-state index contributed by atoms with van der Waals surface area (Å²) < 4.78 is 29.6. The fraction of sp³-hybridized carbons (Fsp3) is 0.364. The molecule has 0 saturated heterocycles. The molecule has 1 aromatic carbocycles. The second-order valence-electron chi connectivity index (χ2n) is 3.42. The lowest BCUT2D eigenvalue weighted by Gasteiger charge is -2.13. The topological polar surface area (TPSA) is 60.4 Å². The normalized spacial score (nSPS) is 13.1. The summed E-state index contributed by atoms with van der Waals surface area (Å²) in [7, 11) is -2.49. The predicted octanol–water partition coefficient (Wildman–Crippen LogP) is 2.17. The van der Waals surface area contributed by atoms with E-state index in [0.29, 0.717) is 0 Å². The van der Waals surface area contributed by atoms with Crippen molar-refractivity contribution in [2.45, 2.75) is 23.5 Å². The lowest BCUT2D eigenvalue weighted by molar-refractivity contribution is -0.140. The fourth-order valence-corrected chi connectivity index (χ4v) is 3.33. The van der Waals surface area contributed by atoms with Crippen LogP contribution >= 0.6 is 15.9 Å². The highest BCUT2D eigenvalue weighted by Gasteiger charge is 2.33. The Morgan fingerprint density at radius 2 is 1.88 bits per heavy atom. The zero-order valence-electron chi connectivity index (χ0n) is 9.51. The quantitative estimate of drug-likeness (QED) is 0.798. The van der Waals surface area contributed by atoms with E-state index in [-0.39, 0.29) is 11.3 Å². The monoisotopic (exact) mass is 320 g/mol. The zero-order chi connectivity index (χ0) is 13.1. The Labute approximate surface area is 109 Å². The van der Waals surface area contributed by atoms with E-state index in [4.69, 9.17) is 0 Å². The highest BCUT2D eigenvalue weighted by atomic mass is 79.9. The number of carbonyl (C=O) groups excluding carboxylic acids is 1. The minimum atomic E-state index is -3.67. The molecule has 17 heavy (non-hydrogen) atoms. The maximum atomic E-state index is 12.2. The summed E-state index contributed by atoms with van der Waals surface area (Å²) in [5.41, 5.74) is 0. The molecule has 4 nitrogen and oxygen atoms in total. The summed E-state index contributed by atoms with van der Waals surface area (Å²) >= 11 is 3.22. The van der Waals surface area contributed by atoms with Gasteiger partial charge in [-0.05, 0) is 30.7 Å². The Morgan fingerprint density at radius 3 is 2.29 bits per heavy atom. The summed E-state index contributed by atoms with van der Waals surface area (Å²) in [5.74, 6) is -0.726. The van der Waals surface area contributed by atoms with Crippen LogP contribution in [-0.4, -0.2) is 26.7 Å². The molecular weight excluding hydrogens is 308 g/mol. The van der Waals surface area contributed by atoms with Crippen LogP contribution in [0.25, 0.3) is 0 Å². The highest BCUT2D eigenvalue weighted by Crippen LogP contribution is 2.21. The van der Waals surface area contributed by atoms with E-state index in [9.17, 15) is 13.2 Å². The smallest absolute Gasteiger partial charge is 0.324 e. The van der Waals surface area contributed by atoms with Crippen molar-refractivity contribution < 1.29 is 17.9 Å². The molecule has 0 N–H and O–H groups in total. The number of hydrogen-bond acceptors (Lipinski definition) is 4. The molecule has 1 atom stereocenters. The first-order valence-corrected chi connectivity index (χ1v) is 7.34. The molecule has 0 spiro atoms. The molecule has 0 aliphatic rings. The number of hydrogen-bond donors (Lipinski definition) is 0. The number of benzene rings is 1. The lowest BCUT2D eigenvalue weighted by atomic mass is 10.3. The summed E-state index contributed by atoms with van der Waals surface area (Å²) in [6, 6.07) is 6.17. The van der Waals surface area contributed by atoms with Gasteiger partial charge < -0.3 is 4.74 Å². The van der Waals surface area contributed by atoms with Crippen LogP contribution in [0.3, 0.4) is 0 Å². The molecule has 0 bridgehead atoms. The second-order valence-corrected chi connectivity index (χ2v) is 6.47. The average molecular weight is 321 g/mol. The average Bonchev–Trinajstić information content (AvgIpc) is 2.29. The summed E-state index contributed by atoms with van der Waals surface area (Å²) in [5, 5.41) is -1.14. The molecule has 0 fully saturated rings. The number of halogens is 1. The van der Waals surface area contributed by atoms with Gasteiger partial charge in [0.15, 0.2) is 15.1 Å². The minimum Gasteiger partial charge on any atom is -0.468 e. The number of rotatable bonds is 4. The van der Waals surface area contributed by atoms with E-state index in [1.807, 2.05) is 0 Å². The van der Waals surface area contributed by atoms with E-state index in [2.05, 4.69) is 20.7 Å². The summed E-state index contributed by atoms with van der Waals surface area (Å²) in [6.45, 7) is 1.64. The van der Waals surface area contributed by atoms with E-state index < -0.39 is 21.1 Å². The molecule has 0 amide bonds. The Balaban J connectivity index is 3.17. The molecule has 0 aliphatic carbocycles. The van der Waals surface area contributed by atoms with Crippen molar-refractivity contribution in [3.63, 3.8) is 0 Å². The number of esters is 1. The van der Waals surface area contributed by atoms with Crippen molar-refractivity contribution in [2.24, 2.45) is 0 Å². The van der Waals surface area contributed by atoms with Gasteiger partial charge in [-0.1, -0.05) is 22.9 Å². The van der Waals surface area contributed by atoms with Crippen LogP contribution in [0.5, 0.6) is 0 Å². The van der Waals surface area contributed by atoms with Crippen molar-refractivity contribution in [1.82, 2.24) is 0 Å². The van der Waals surface area contributed by atoms with Gasteiger partial charge in [0.05, 0.1) is 12.0 Å². The molecule has 1 unspecified atom stereocenters. The Hall–Kier alpha value is -0.880. The van der Waals surface area contributed by atoms with Crippen LogP contribution in [-0.2, 0) is 19.4 Å². The predicted molar refractivity (Wildman–Crippen MR) is 67.4 cm³/mol. The van der Waals surface area contributed by atoms with Gasteiger partial charge in [-0.3, -0.25) is 4.79 Å². The van der Waals surface area contributed by atoms with Crippen molar-refractivity contribution in [2.75, 3.05) is 7.11 Å². The van der Waals surface area contributed by atoms with E-state index in [1.165, 1.54) is 19.2 Å². The third kappa shape index (κ3) is 3.07. The number of ether oxygens (including phenoxy) is 1. The maximum absolute atomic E-state index is 12.2. The first-order valence-electron chi connectivity index (χ1n) is 5.00. The van der Waals surface area contributed by atoms with Crippen molar-refractivity contribution in [3.8, 4) is 0 Å². The maximum Gasteiger partial charge on any atom is 0.324 e. The van der Waals surface area contributed by atoms with Gasteiger partial charge >= 0.3 is 5.97 Å². The number of methoxy groups -OCH3 is 1. The molecule has 0 radical (unpaired) electrons. The van der Waals surface area contributed by atoms with Gasteiger partial charge in [0, 0.05) is 4.47 Å². The van der Waals surface area contributed by atoms with Crippen molar-refractivity contribution >= 4 is 31.7 Å². The first kappa shape index (κ1) is 14.2. The third-order valence-electron chi connectivity index (χ3n) is 2.35. The highest BCUT2D eigenvalue weighted by molar-refractivity contribution is 9.10. The zero-order valence-corrected chi connectivity index (χ0v) is 11.9. The van der Waals surface area contributed by atoms with E-state index in [1.54, 1.807) is 19.1 Å². The fourth-order valence-electron chi connectivity index (χ4n) is 1.43. The first-order chi connectivity index (χ1) is 7.93. The standard InChI is InChI=1S/C11H13BrO4S/c1-3-10(11(13)16-2)17(14,15)9-6-4-8(12)5-7-9/h4-7,10H,3H2,1-2H3. The van der Waals surface area contributed by atoms with E-state index >= 15 is 0 Å². The Morgan fingerprint density at radius 1 is 1.35 bits per heavy atom. The molecule has 1 aromatic rings. The number of sulfone groups is 1. The van der Waals surface area contributed by atoms with Gasteiger partial charge in [0.1, 0.15) is 0 Å². The largest absolute Gasteiger partial charge is 0.468 e. The molecular formula is C11H13BrO4S. The molecule has 0 aliphatic heterocycles. The van der Waals surface area contributed by atoms with Crippen LogP contribution in [0.4, 0.5) is 0 Å². The van der Waals surface area contributed by atoms with Gasteiger partial charge in [0.2, 0.25) is 0 Å². The molecule has 0 aromatic heterocycles. The summed E-state index contributed by atoms with van der Waals surface area (Å²) in [4.78, 5) is 11.5. The van der Waals surface area contributed by atoms with Gasteiger partial charge in [-0.2, -0.15) is 0 Å². The minimum absolute atomic E-state index is 0.123. The molecule has 6 heteroatoms. The van der Waals surface area contributed by atoms with Gasteiger partial charge in [-0.25, -0.2) is 8.42 Å². The summed E-state index contributed by atoms with van der Waals surface area (Å²) in [6.07, 6.45) is 0.186. The Bertz CT molecular complexity index is 493. The lowest BCUT2D eigenvalue weighted by Crippen LogP contribution is -2.30.